The predicted octanol–water partition coefficient (Wildman–Crippen LogP) is 2.17. The van der Waals surface area contributed by atoms with Gasteiger partial charge in [-0.2, -0.15) is 0 Å². The lowest BCUT2D eigenvalue weighted by Crippen LogP contribution is -2.29. The van der Waals surface area contributed by atoms with E-state index in [0.717, 1.165) is 42.8 Å². The maximum absolute atomic E-state index is 12.0. The SMILES string of the molecule is COc1ccc(CC(=O)N2CCCC2)cc1C. The summed E-state index contributed by atoms with van der Waals surface area (Å²) in [6.07, 6.45) is 2.80. The van der Waals surface area contributed by atoms with Gasteiger partial charge in [-0.1, -0.05) is 12.1 Å². The quantitative estimate of drug-likeness (QED) is 0.800. The summed E-state index contributed by atoms with van der Waals surface area (Å²) in [6.45, 7) is 3.85. The van der Waals surface area contributed by atoms with Gasteiger partial charge in [0, 0.05) is 13.1 Å². The highest BCUT2D eigenvalue weighted by molar-refractivity contribution is 5.79. The Bertz CT molecular complexity index is 409. The monoisotopic (exact) mass is 233 g/mol. The lowest BCUT2D eigenvalue weighted by molar-refractivity contribution is -0.129. The maximum atomic E-state index is 12.0. The van der Waals surface area contributed by atoms with Crippen molar-refractivity contribution in [2.45, 2.75) is 26.2 Å². The lowest BCUT2D eigenvalue weighted by atomic mass is 10.1. The van der Waals surface area contributed by atoms with Crippen LogP contribution >= 0.6 is 0 Å². The molecule has 1 amide bonds. The number of ether oxygens (including phenoxy) is 1. The molecule has 0 bridgehead atoms. The Kier molecular flexibility index (Phi) is 3.67. The first kappa shape index (κ1) is 12.0. The van der Waals surface area contributed by atoms with Gasteiger partial charge in [0.2, 0.25) is 5.91 Å². The first-order chi connectivity index (χ1) is 8.20. The van der Waals surface area contributed by atoms with Crippen molar-refractivity contribution in [2.24, 2.45) is 0 Å². The van der Waals surface area contributed by atoms with Gasteiger partial charge in [0.05, 0.1) is 13.5 Å². The number of aryl methyl sites for hydroxylation is 1. The minimum absolute atomic E-state index is 0.243. The minimum atomic E-state index is 0.243. The number of carbonyl (C=O) groups excluding carboxylic acids is 1. The molecule has 1 aromatic carbocycles. The van der Waals surface area contributed by atoms with Crippen LogP contribution in [0.2, 0.25) is 0 Å². The van der Waals surface area contributed by atoms with Crippen molar-refractivity contribution in [1.29, 1.82) is 0 Å². The third-order valence-electron chi connectivity index (χ3n) is 3.27. The first-order valence-electron chi connectivity index (χ1n) is 6.12. The molecule has 1 fully saturated rings. The number of hydrogen-bond acceptors (Lipinski definition) is 2. The molecule has 1 aliphatic heterocycles. The summed E-state index contributed by atoms with van der Waals surface area (Å²) in [4.78, 5) is 13.9. The van der Waals surface area contributed by atoms with Gasteiger partial charge in [-0.25, -0.2) is 0 Å². The van der Waals surface area contributed by atoms with E-state index >= 15 is 0 Å². The van der Waals surface area contributed by atoms with Crippen LogP contribution in [0.1, 0.15) is 24.0 Å². The molecule has 0 aliphatic carbocycles. The zero-order valence-electron chi connectivity index (χ0n) is 10.5. The number of amides is 1. The lowest BCUT2D eigenvalue weighted by Gasteiger charge is -2.15. The molecular formula is C14H19NO2. The molecule has 2 rings (SSSR count). The number of rotatable bonds is 3. The zero-order chi connectivity index (χ0) is 12.3. The number of likely N-dealkylation sites (tertiary alicyclic amines) is 1. The smallest absolute Gasteiger partial charge is 0.226 e. The van der Waals surface area contributed by atoms with E-state index in [0.29, 0.717) is 6.42 Å². The highest BCUT2D eigenvalue weighted by Crippen LogP contribution is 2.19. The summed E-state index contributed by atoms with van der Waals surface area (Å²) in [7, 11) is 1.66. The highest BCUT2D eigenvalue weighted by Gasteiger charge is 2.18. The van der Waals surface area contributed by atoms with Gasteiger partial charge in [-0.3, -0.25) is 4.79 Å². The Morgan fingerprint density at radius 3 is 2.65 bits per heavy atom. The van der Waals surface area contributed by atoms with Crippen molar-refractivity contribution in [2.75, 3.05) is 20.2 Å². The number of carbonyl (C=O) groups is 1. The van der Waals surface area contributed by atoms with Crippen molar-refractivity contribution < 1.29 is 9.53 Å². The van der Waals surface area contributed by atoms with E-state index in [1.165, 1.54) is 0 Å². The molecule has 0 N–H and O–H groups in total. The summed E-state index contributed by atoms with van der Waals surface area (Å²) < 4.78 is 5.21. The van der Waals surface area contributed by atoms with Gasteiger partial charge in [0.15, 0.2) is 0 Å². The van der Waals surface area contributed by atoms with Crippen molar-refractivity contribution in [3.05, 3.63) is 29.3 Å². The Labute approximate surface area is 102 Å². The molecule has 1 heterocycles. The molecule has 1 aromatic rings. The Hall–Kier alpha value is -1.51. The van der Waals surface area contributed by atoms with Crippen LogP contribution in [0.3, 0.4) is 0 Å². The van der Waals surface area contributed by atoms with Crippen LogP contribution in [-0.4, -0.2) is 31.0 Å². The van der Waals surface area contributed by atoms with Crippen LogP contribution in [0.5, 0.6) is 5.75 Å². The topological polar surface area (TPSA) is 29.5 Å². The van der Waals surface area contributed by atoms with Gasteiger partial charge < -0.3 is 9.64 Å². The van der Waals surface area contributed by atoms with Gasteiger partial charge in [-0.15, -0.1) is 0 Å². The van der Waals surface area contributed by atoms with E-state index in [4.69, 9.17) is 4.74 Å². The molecule has 0 saturated carbocycles. The average molecular weight is 233 g/mol. The number of benzene rings is 1. The fourth-order valence-electron chi connectivity index (χ4n) is 2.30. The third kappa shape index (κ3) is 2.78. The van der Waals surface area contributed by atoms with Crippen LogP contribution in [0.15, 0.2) is 18.2 Å². The molecule has 1 saturated heterocycles. The van der Waals surface area contributed by atoms with Crippen LogP contribution in [0.25, 0.3) is 0 Å². The van der Waals surface area contributed by atoms with Crippen molar-refractivity contribution in [1.82, 2.24) is 4.90 Å². The summed E-state index contributed by atoms with van der Waals surface area (Å²) in [5.41, 5.74) is 2.15. The van der Waals surface area contributed by atoms with E-state index in [1.807, 2.05) is 30.0 Å². The maximum Gasteiger partial charge on any atom is 0.226 e. The molecule has 3 nitrogen and oxygen atoms in total. The van der Waals surface area contributed by atoms with Crippen molar-refractivity contribution >= 4 is 5.91 Å². The van der Waals surface area contributed by atoms with Crippen LogP contribution < -0.4 is 4.74 Å². The van der Waals surface area contributed by atoms with Gasteiger partial charge in [0.1, 0.15) is 5.75 Å². The van der Waals surface area contributed by atoms with Gasteiger partial charge in [-0.05, 0) is 37.0 Å². The fraction of sp³-hybridized carbons (Fsp3) is 0.500. The third-order valence-corrected chi connectivity index (χ3v) is 3.27. The zero-order valence-corrected chi connectivity index (χ0v) is 10.5. The Balaban J connectivity index is 2.03. The molecule has 3 heteroatoms. The Morgan fingerprint density at radius 1 is 1.35 bits per heavy atom. The second kappa shape index (κ2) is 5.21. The summed E-state index contributed by atoms with van der Waals surface area (Å²) in [5.74, 6) is 1.12. The van der Waals surface area contributed by atoms with Crippen LogP contribution in [0, 0.1) is 6.92 Å². The molecule has 0 radical (unpaired) electrons. The normalized spacial score (nSPS) is 15.1. The van der Waals surface area contributed by atoms with Gasteiger partial charge in [0.25, 0.3) is 0 Å². The summed E-state index contributed by atoms with van der Waals surface area (Å²) >= 11 is 0. The predicted molar refractivity (Wildman–Crippen MR) is 67.2 cm³/mol. The standard InChI is InChI=1S/C14H19NO2/c1-11-9-12(5-6-13(11)17-2)10-14(16)15-7-3-4-8-15/h5-6,9H,3-4,7-8,10H2,1-2H3. The molecule has 0 unspecified atom stereocenters. The summed E-state index contributed by atoms with van der Waals surface area (Å²) in [6, 6.07) is 5.94. The van der Waals surface area contributed by atoms with Crippen molar-refractivity contribution in [3.8, 4) is 5.75 Å². The molecule has 17 heavy (non-hydrogen) atoms. The van der Waals surface area contributed by atoms with Crippen LogP contribution in [0.4, 0.5) is 0 Å². The van der Waals surface area contributed by atoms with Crippen LogP contribution in [-0.2, 0) is 11.2 Å². The summed E-state index contributed by atoms with van der Waals surface area (Å²) in [5, 5.41) is 0. The first-order valence-corrected chi connectivity index (χ1v) is 6.12. The minimum Gasteiger partial charge on any atom is -0.496 e. The van der Waals surface area contributed by atoms with E-state index < -0.39 is 0 Å². The molecule has 0 atom stereocenters. The molecule has 0 spiro atoms. The second-order valence-electron chi connectivity index (χ2n) is 4.57. The average Bonchev–Trinajstić information content (AvgIpc) is 2.82. The largest absolute Gasteiger partial charge is 0.496 e. The van der Waals surface area contributed by atoms with E-state index in [1.54, 1.807) is 7.11 Å². The number of hydrogen-bond donors (Lipinski definition) is 0. The Morgan fingerprint density at radius 2 is 2.06 bits per heavy atom. The number of methoxy groups -OCH3 is 1. The number of nitrogens with zero attached hydrogens (tertiary/aromatic N) is 1. The molecule has 1 aliphatic rings. The molecular weight excluding hydrogens is 214 g/mol. The van der Waals surface area contributed by atoms with E-state index in [9.17, 15) is 4.79 Å². The van der Waals surface area contributed by atoms with E-state index in [2.05, 4.69) is 0 Å². The molecule has 92 valence electrons. The van der Waals surface area contributed by atoms with Crippen molar-refractivity contribution in [3.63, 3.8) is 0 Å². The van der Waals surface area contributed by atoms with E-state index in [-0.39, 0.29) is 5.91 Å². The highest BCUT2D eigenvalue weighted by atomic mass is 16.5. The van der Waals surface area contributed by atoms with Gasteiger partial charge >= 0.3 is 0 Å². The molecule has 0 aromatic heterocycles. The second-order valence-corrected chi connectivity index (χ2v) is 4.57. The fourth-order valence-corrected chi connectivity index (χ4v) is 2.30.